The SMILES string of the molecule is CC(CCC(=O)O)(c1ccc(OC(=O)Nc2ccc([N+](=O)[O-])cc2)cc1)c1ccc(OC(=O)Nc2ccc([N+](=O)[O-])cc2)cc1. The Labute approximate surface area is 255 Å². The van der Waals surface area contributed by atoms with E-state index in [4.69, 9.17) is 9.47 Å². The number of nitrogens with zero attached hydrogens (tertiary/aromatic N) is 2. The molecule has 14 nitrogen and oxygen atoms in total. The summed E-state index contributed by atoms with van der Waals surface area (Å²) in [7, 11) is 0. The number of ether oxygens (including phenoxy) is 2. The summed E-state index contributed by atoms with van der Waals surface area (Å²) in [5.41, 5.74) is 1.04. The van der Waals surface area contributed by atoms with Crippen molar-refractivity contribution < 1.29 is 38.8 Å². The lowest BCUT2D eigenvalue weighted by Crippen LogP contribution is -2.25. The normalized spacial score (nSPS) is 10.8. The Bertz CT molecular complexity index is 1590. The first-order chi connectivity index (χ1) is 21.4. The average molecular weight is 615 g/mol. The van der Waals surface area contributed by atoms with Gasteiger partial charge in [0, 0.05) is 47.5 Å². The van der Waals surface area contributed by atoms with E-state index in [1.807, 2.05) is 6.92 Å². The molecular weight excluding hydrogens is 588 g/mol. The Kier molecular flexibility index (Phi) is 9.68. The molecule has 0 aliphatic rings. The van der Waals surface area contributed by atoms with Gasteiger partial charge in [0.2, 0.25) is 0 Å². The third kappa shape index (κ3) is 8.38. The number of benzene rings is 4. The molecule has 0 saturated heterocycles. The van der Waals surface area contributed by atoms with Crippen LogP contribution in [-0.2, 0) is 10.2 Å². The maximum atomic E-state index is 12.3. The molecule has 0 bridgehead atoms. The van der Waals surface area contributed by atoms with Crippen molar-refractivity contribution in [3.63, 3.8) is 0 Å². The van der Waals surface area contributed by atoms with E-state index in [0.717, 1.165) is 11.1 Å². The van der Waals surface area contributed by atoms with Crippen LogP contribution in [0.1, 0.15) is 30.9 Å². The molecule has 4 aromatic rings. The van der Waals surface area contributed by atoms with E-state index in [2.05, 4.69) is 10.6 Å². The third-order valence-electron chi connectivity index (χ3n) is 6.89. The van der Waals surface area contributed by atoms with E-state index < -0.39 is 33.4 Å². The smallest absolute Gasteiger partial charge is 0.417 e. The molecule has 0 saturated carbocycles. The summed E-state index contributed by atoms with van der Waals surface area (Å²) in [5, 5.41) is 36.0. The molecule has 0 heterocycles. The number of hydrogen-bond acceptors (Lipinski definition) is 9. The van der Waals surface area contributed by atoms with Crippen molar-refractivity contribution >= 4 is 40.9 Å². The minimum atomic E-state index is -0.980. The van der Waals surface area contributed by atoms with Gasteiger partial charge in [-0.25, -0.2) is 9.59 Å². The van der Waals surface area contributed by atoms with Gasteiger partial charge in [0.1, 0.15) is 11.5 Å². The lowest BCUT2D eigenvalue weighted by Gasteiger charge is -2.31. The van der Waals surface area contributed by atoms with E-state index in [1.54, 1.807) is 48.5 Å². The average Bonchev–Trinajstić information content (AvgIpc) is 3.01. The molecular formula is C31H26N4O10. The number of carboxylic acid groups (broad SMARTS) is 1. The van der Waals surface area contributed by atoms with Crippen molar-refractivity contribution in [2.75, 3.05) is 10.6 Å². The van der Waals surface area contributed by atoms with Crippen molar-refractivity contribution in [2.45, 2.75) is 25.2 Å². The predicted molar refractivity (Wildman–Crippen MR) is 162 cm³/mol. The summed E-state index contributed by atoms with van der Waals surface area (Å²) < 4.78 is 10.6. The summed E-state index contributed by atoms with van der Waals surface area (Å²) in [4.78, 5) is 56.6. The topological polar surface area (TPSA) is 200 Å². The molecule has 0 aliphatic carbocycles. The summed E-state index contributed by atoms with van der Waals surface area (Å²) in [6.45, 7) is 1.87. The fourth-order valence-corrected chi connectivity index (χ4v) is 4.43. The predicted octanol–water partition coefficient (Wildman–Crippen LogP) is 6.90. The zero-order chi connectivity index (χ0) is 32.6. The van der Waals surface area contributed by atoms with Crippen molar-refractivity contribution in [3.8, 4) is 11.5 Å². The van der Waals surface area contributed by atoms with E-state index in [9.17, 15) is 39.7 Å². The van der Waals surface area contributed by atoms with Gasteiger partial charge in [-0.2, -0.15) is 0 Å². The molecule has 0 radical (unpaired) electrons. The van der Waals surface area contributed by atoms with Crippen LogP contribution >= 0.6 is 0 Å². The largest absolute Gasteiger partial charge is 0.481 e. The monoisotopic (exact) mass is 614 g/mol. The third-order valence-corrected chi connectivity index (χ3v) is 6.89. The Hall–Kier alpha value is -6.31. The number of nitrogens with one attached hydrogen (secondary N) is 2. The number of amides is 2. The molecule has 0 aliphatic heterocycles. The molecule has 0 fully saturated rings. The van der Waals surface area contributed by atoms with E-state index in [0.29, 0.717) is 11.4 Å². The number of non-ortho nitro benzene ring substituents is 2. The maximum Gasteiger partial charge on any atom is 0.417 e. The highest BCUT2D eigenvalue weighted by Crippen LogP contribution is 2.38. The van der Waals surface area contributed by atoms with Crippen molar-refractivity contribution in [1.82, 2.24) is 0 Å². The van der Waals surface area contributed by atoms with E-state index >= 15 is 0 Å². The van der Waals surface area contributed by atoms with Crippen LogP contribution in [0, 0.1) is 20.2 Å². The van der Waals surface area contributed by atoms with Crippen LogP contribution in [0.4, 0.5) is 32.3 Å². The molecule has 4 rings (SSSR count). The fourth-order valence-electron chi connectivity index (χ4n) is 4.43. The number of carbonyl (C=O) groups is 3. The quantitative estimate of drug-likeness (QED) is 0.118. The molecule has 0 spiro atoms. The first-order valence-corrected chi connectivity index (χ1v) is 13.3. The minimum absolute atomic E-state index is 0.122. The van der Waals surface area contributed by atoms with Gasteiger partial charge < -0.3 is 14.6 Å². The van der Waals surface area contributed by atoms with E-state index in [1.165, 1.54) is 48.5 Å². The Morgan fingerprint density at radius 3 is 1.33 bits per heavy atom. The molecule has 0 atom stereocenters. The van der Waals surface area contributed by atoms with Gasteiger partial charge in [0.15, 0.2) is 0 Å². The number of rotatable bonds is 11. The molecule has 2 amide bonds. The molecule has 14 heteroatoms. The zero-order valence-electron chi connectivity index (χ0n) is 23.7. The summed E-state index contributed by atoms with van der Waals surface area (Å²) in [6, 6.07) is 23.5. The van der Waals surface area contributed by atoms with Crippen LogP contribution in [-0.4, -0.2) is 33.1 Å². The molecule has 0 aromatic heterocycles. The van der Waals surface area contributed by atoms with Crippen molar-refractivity contribution in [3.05, 3.63) is 128 Å². The lowest BCUT2D eigenvalue weighted by atomic mass is 9.73. The number of nitro benzene ring substituents is 2. The number of aliphatic carboxylic acids is 1. The van der Waals surface area contributed by atoms with Crippen molar-refractivity contribution in [2.24, 2.45) is 0 Å². The van der Waals surface area contributed by atoms with Gasteiger partial charge in [-0.05, 0) is 66.1 Å². The summed E-state index contributed by atoms with van der Waals surface area (Å²) in [5.74, 6) is -0.560. The van der Waals surface area contributed by atoms with Crippen molar-refractivity contribution in [1.29, 1.82) is 0 Å². The Morgan fingerprint density at radius 2 is 1.02 bits per heavy atom. The van der Waals surface area contributed by atoms with Gasteiger partial charge in [-0.15, -0.1) is 0 Å². The minimum Gasteiger partial charge on any atom is -0.481 e. The number of carboxylic acids is 1. The maximum absolute atomic E-state index is 12.3. The first kappa shape index (κ1) is 31.6. The van der Waals surface area contributed by atoms with Gasteiger partial charge in [-0.3, -0.25) is 35.7 Å². The molecule has 45 heavy (non-hydrogen) atoms. The zero-order valence-corrected chi connectivity index (χ0v) is 23.7. The second kappa shape index (κ2) is 13.8. The number of carbonyl (C=O) groups excluding carboxylic acids is 2. The molecule has 4 aromatic carbocycles. The summed E-state index contributed by atoms with van der Waals surface area (Å²) in [6.07, 6.45) is -1.52. The highest BCUT2D eigenvalue weighted by molar-refractivity contribution is 5.87. The lowest BCUT2D eigenvalue weighted by molar-refractivity contribution is -0.385. The molecule has 3 N–H and O–H groups in total. The highest BCUT2D eigenvalue weighted by atomic mass is 16.6. The highest BCUT2D eigenvalue weighted by Gasteiger charge is 2.30. The Morgan fingerprint density at radius 1 is 0.667 bits per heavy atom. The second-order valence-corrected chi connectivity index (χ2v) is 9.91. The number of hydrogen-bond donors (Lipinski definition) is 3. The summed E-state index contributed by atoms with van der Waals surface area (Å²) >= 11 is 0. The fraction of sp³-hybridized carbons (Fsp3) is 0.129. The standard InChI is InChI=1S/C31H26N4O10/c1-31(19-18-28(36)37,20-2-14-26(15-3-20)44-29(38)32-22-6-10-24(11-7-22)34(40)41)21-4-16-27(17-5-21)45-30(39)33-23-8-12-25(13-9-23)35(42)43/h2-17H,18-19H2,1H3,(H,32,38)(H,33,39)(H,36,37). The molecule has 230 valence electrons. The van der Waals surface area contributed by atoms with Gasteiger partial charge >= 0.3 is 18.2 Å². The van der Waals surface area contributed by atoms with Crippen LogP contribution in [0.15, 0.2) is 97.1 Å². The van der Waals surface area contributed by atoms with Crippen LogP contribution < -0.4 is 20.1 Å². The number of nitro groups is 2. The van der Waals surface area contributed by atoms with Crippen LogP contribution in [0.5, 0.6) is 11.5 Å². The number of anilines is 2. The van der Waals surface area contributed by atoms with Crippen LogP contribution in [0.25, 0.3) is 0 Å². The van der Waals surface area contributed by atoms with Crippen LogP contribution in [0.3, 0.4) is 0 Å². The van der Waals surface area contributed by atoms with Gasteiger partial charge in [0.05, 0.1) is 9.85 Å². The Balaban J connectivity index is 1.43. The first-order valence-electron chi connectivity index (χ1n) is 13.3. The van der Waals surface area contributed by atoms with Gasteiger partial charge in [-0.1, -0.05) is 31.2 Å². The second-order valence-electron chi connectivity index (χ2n) is 9.91. The molecule has 0 unspecified atom stereocenters. The van der Waals surface area contributed by atoms with Crippen LogP contribution in [0.2, 0.25) is 0 Å². The van der Waals surface area contributed by atoms with E-state index in [-0.39, 0.29) is 35.7 Å². The van der Waals surface area contributed by atoms with Gasteiger partial charge in [0.25, 0.3) is 11.4 Å².